The number of imide groups is 1. The second-order valence-electron chi connectivity index (χ2n) is 3.92. The minimum Gasteiger partial charge on any atom is -0.496 e. The summed E-state index contributed by atoms with van der Waals surface area (Å²) in [5, 5.41) is 11.0. The van der Waals surface area contributed by atoms with Crippen LogP contribution in [0.1, 0.15) is 18.4 Å². The summed E-state index contributed by atoms with van der Waals surface area (Å²) in [6.07, 6.45) is 0.703. The normalized spacial score (nSPS) is 13.8. The van der Waals surface area contributed by atoms with E-state index in [4.69, 9.17) is 4.74 Å². The Labute approximate surface area is 137 Å². The minimum atomic E-state index is -0.418. The van der Waals surface area contributed by atoms with Gasteiger partial charge in [-0.3, -0.25) is 19.7 Å². The van der Waals surface area contributed by atoms with Gasteiger partial charge in [0, 0.05) is 24.2 Å². The van der Waals surface area contributed by atoms with Crippen molar-refractivity contribution in [3.8, 4) is 5.75 Å². The summed E-state index contributed by atoms with van der Waals surface area (Å²) in [5.74, 6) is 0.246. The van der Waals surface area contributed by atoms with Crippen molar-refractivity contribution in [2.75, 3.05) is 7.11 Å². The predicted octanol–water partition coefficient (Wildman–Crippen LogP) is 2.94. The van der Waals surface area contributed by atoms with E-state index in [1.807, 2.05) is 0 Å². The van der Waals surface area contributed by atoms with Gasteiger partial charge in [-0.2, -0.15) is 0 Å². The van der Waals surface area contributed by atoms with E-state index in [0.29, 0.717) is 29.5 Å². The summed E-state index contributed by atoms with van der Waals surface area (Å²) < 4.78 is 5.97. The number of benzene rings is 1. The fourth-order valence-electron chi connectivity index (χ4n) is 1.60. The zero-order chi connectivity index (χ0) is 16.0. The van der Waals surface area contributed by atoms with Gasteiger partial charge in [0.15, 0.2) is 0 Å². The first-order chi connectivity index (χ1) is 9.92. The number of halogens is 2. The lowest BCUT2D eigenvalue weighted by Gasteiger charge is -2.05. The smallest absolute Gasteiger partial charge is 0.277 e. The van der Waals surface area contributed by atoms with Gasteiger partial charge in [-0.25, -0.2) is 3.93 Å². The standard InChI is InChI=1S/C8H8BrNO3.C4H4BrNO2/c1-13-8-4-2-3-7(10(11)12)6(8)5-9;5-6-3(7)1-2-4(6)8/h2-4H,5H2,1H3;1-2H2. The van der Waals surface area contributed by atoms with E-state index in [0.717, 1.165) is 3.93 Å². The number of hydrogen-bond donors (Lipinski definition) is 0. The highest BCUT2D eigenvalue weighted by Crippen LogP contribution is 2.29. The van der Waals surface area contributed by atoms with Crippen molar-refractivity contribution in [3.05, 3.63) is 33.9 Å². The fourth-order valence-corrected chi connectivity index (χ4v) is 2.52. The number of nitrogens with zero attached hydrogens (tertiary/aromatic N) is 2. The second-order valence-corrected chi connectivity index (χ2v) is 5.19. The highest BCUT2D eigenvalue weighted by molar-refractivity contribution is 9.08. The number of methoxy groups -OCH3 is 1. The molecule has 1 aromatic carbocycles. The lowest BCUT2D eigenvalue weighted by molar-refractivity contribution is -0.385. The van der Waals surface area contributed by atoms with Crippen LogP contribution in [0, 0.1) is 10.1 Å². The third-order valence-corrected chi connectivity index (χ3v) is 4.00. The Morgan fingerprint density at radius 3 is 2.24 bits per heavy atom. The molecule has 1 aromatic rings. The maximum Gasteiger partial charge on any atom is 0.277 e. The van der Waals surface area contributed by atoms with E-state index < -0.39 is 4.92 Å². The van der Waals surface area contributed by atoms with Crippen LogP contribution in [0.25, 0.3) is 0 Å². The Morgan fingerprint density at radius 2 is 1.90 bits per heavy atom. The fraction of sp³-hybridized carbons (Fsp3) is 0.333. The van der Waals surface area contributed by atoms with Crippen molar-refractivity contribution < 1.29 is 19.2 Å². The lowest BCUT2D eigenvalue weighted by atomic mass is 10.2. The first-order valence-corrected chi connectivity index (χ1v) is 7.63. The molecule has 1 heterocycles. The van der Waals surface area contributed by atoms with Crippen LogP contribution in [0.4, 0.5) is 5.69 Å². The molecule has 0 unspecified atom stereocenters. The molecule has 114 valence electrons. The molecule has 0 atom stereocenters. The molecular formula is C12H12Br2N2O5. The van der Waals surface area contributed by atoms with E-state index in [1.165, 1.54) is 13.2 Å². The van der Waals surface area contributed by atoms with Crippen molar-refractivity contribution in [1.29, 1.82) is 0 Å². The van der Waals surface area contributed by atoms with Crippen LogP contribution in [0.15, 0.2) is 18.2 Å². The van der Waals surface area contributed by atoms with Crippen LogP contribution >= 0.6 is 32.1 Å². The number of carbonyl (C=O) groups is 2. The van der Waals surface area contributed by atoms with E-state index in [9.17, 15) is 19.7 Å². The number of hydrogen-bond acceptors (Lipinski definition) is 5. The summed E-state index contributed by atoms with van der Waals surface area (Å²) in [6, 6.07) is 4.76. The molecule has 0 bridgehead atoms. The monoisotopic (exact) mass is 422 g/mol. The van der Waals surface area contributed by atoms with E-state index in [1.54, 1.807) is 12.1 Å². The molecule has 1 fully saturated rings. The van der Waals surface area contributed by atoms with Crippen molar-refractivity contribution in [1.82, 2.24) is 3.93 Å². The number of ether oxygens (including phenoxy) is 1. The van der Waals surface area contributed by atoms with Gasteiger partial charge >= 0.3 is 0 Å². The lowest BCUT2D eigenvalue weighted by Crippen LogP contribution is -2.16. The molecule has 0 radical (unpaired) electrons. The van der Waals surface area contributed by atoms with Crippen molar-refractivity contribution in [2.45, 2.75) is 18.2 Å². The molecule has 1 aliphatic heterocycles. The third kappa shape index (κ3) is 4.50. The molecule has 1 aliphatic rings. The Hall–Kier alpha value is -1.48. The van der Waals surface area contributed by atoms with Gasteiger partial charge in [0.1, 0.15) is 5.75 Å². The number of alkyl halides is 1. The minimum absolute atomic E-state index is 0.0798. The van der Waals surface area contributed by atoms with Crippen LogP contribution in [0.5, 0.6) is 5.75 Å². The Bertz CT molecular complexity index is 549. The molecule has 0 N–H and O–H groups in total. The molecule has 0 spiro atoms. The molecule has 0 saturated carbocycles. The number of nitro groups is 1. The van der Waals surface area contributed by atoms with Gasteiger partial charge in [-0.1, -0.05) is 22.0 Å². The predicted molar refractivity (Wildman–Crippen MR) is 82.3 cm³/mol. The third-order valence-electron chi connectivity index (χ3n) is 2.65. The van der Waals surface area contributed by atoms with Gasteiger partial charge in [0.25, 0.3) is 5.69 Å². The van der Waals surface area contributed by atoms with Gasteiger partial charge in [0.05, 0.1) is 33.7 Å². The molecule has 0 aliphatic carbocycles. The first-order valence-electron chi connectivity index (χ1n) is 5.80. The second kappa shape index (κ2) is 8.08. The molecule has 21 heavy (non-hydrogen) atoms. The number of amides is 2. The maximum absolute atomic E-state index is 10.6. The molecule has 9 heteroatoms. The molecule has 0 aromatic heterocycles. The van der Waals surface area contributed by atoms with E-state index >= 15 is 0 Å². The molecule has 2 rings (SSSR count). The summed E-state index contributed by atoms with van der Waals surface area (Å²) >= 11 is 5.99. The quantitative estimate of drug-likeness (QED) is 0.245. The van der Waals surface area contributed by atoms with Gasteiger partial charge in [-0.15, -0.1) is 0 Å². The number of rotatable bonds is 3. The maximum atomic E-state index is 10.6. The average molecular weight is 424 g/mol. The SMILES string of the molecule is COc1cccc([N+](=O)[O-])c1CBr.O=C1CCC(=O)N1Br. The summed E-state index contributed by atoms with van der Waals surface area (Å²) in [4.78, 5) is 31.0. The summed E-state index contributed by atoms with van der Waals surface area (Å²) in [5.41, 5.74) is 0.645. The van der Waals surface area contributed by atoms with Gasteiger partial charge < -0.3 is 4.74 Å². The van der Waals surface area contributed by atoms with Crippen molar-refractivity contribution >= 4 is 49.6 Å². The van der Waals surface area contributed by atoms with Gasteiger partial charge in [-0.05, 0) is 6.07 Å². The molecule has 1 saturated heterocycles. The van der Waals surface area contributed by atoms with Gasteiger partial charge in [0.2, 0.25) is 11.8 Å². The van der Waals surface area contributed by atoms with Crippen LogP contribution in [0.2, 0.25) is 0 Å². The van der Waals surface area contributed by atoms with Crippen molar-refractivity contribution in [3.63, 3.8) is 0 Å². The first kappa shape index (κ1) is 17.6. The van der Waals surface area contributed by atoms with E-state index in [2.05, 4.69) is 32.1 Å². The average Bonchev–Trinajstić information content (AvgIpc) is 2.78. The van der Waals surface area contributed by atoms with E-state index in [-0.39, 0.29) is 17.5 Å². The molecule has 7 nitrogen and oxygen atoms in total. The van der Waals surface area contributed by atoms with Crippen LogP contribution in [-0.4, -0.2) is 27.8 Å². The van der Waals surface area contributed by atoms with Crippen molar-refractivity contribution in [2.24, 2.45) is 0 Å². The largest absolute Gasteiger partial charge is 0.496 e. The van der Waals surface area contributed by atoms with Crippen LogP contribution < -0.4 is 4.74 Å². The topological polar surface area (TPSA) is 89.7 Å². The molecule has 2 amide bonds. The summed E-state index contributed by atoms with van der Waals surface area (Å²) in [7, 11) is 1.49. The number of carbonyl (C=O) groups excluding carboxylic acids is 2. The summed E-state index contributed by atoms with van der Waals surface area (Å²) in [6.45, 7) is 0. The Morgan fingerprint density at radius 1 is 1.33 bits per heavy atom. The molecular weight excluding hydrogens is 412 g/mol. The zero-order valence-corrected chi connectivity index (χ0v) is 14.2. The Kier molecular flexibility index (Phi) is 6.76. The zero-order valence-electron chi connectivity index (χ0n) is 11.0. The van der Waals surface area contributed by atoms with Crippen LogP contribution in [0.3, 0.4) is 0 Å². The highest BCUT2D eigenvalue weighted by atomic mass is 79.9. The highest BCUT2D eigenvalue weighted by Gasteiger charge is 2.26. The van der Waals surface area contributed by atoms with Crippen LogP contribution in [-0.2, 0) is 14.9 Å². The number of nitro benzene ring substituents is 1. The Balaban J connectivity index is 0.000000235.